The molecule has 0 aliphatic heterocycles. The quantitative estimate of drug-likeness (QED) is 0.278. The molecule has 0 aromatic rings. The molecule has 0 spiro atoms. The van der Waals surface area contributed by atoms with Crippen LogP contribution in [0.1, 0.15) is 20.8 Å². The highest BCUT2D eigenvalue weighted by Crippen LogP contribution is 1.75. The van der Waals surface area contributed by atoms with Crippen LogP contribution >= 0.6 is 0 Å². The van der Waals surface area contributed by atoms with Crippen LogP contribution in [0, 0.1) is 0 Å². The molecular formula is C10H20O9. The fraction of sp³-hybridized carbons (Fsp3) is 0.500. The van der Waals surface area contributed by atoms with Gasteiger partial charge in [0.25, 0.3) is 17.9 Å². The van der Waals surface area contributed by atoms with Crippen molar-refractivity contribution in [3.8, 4) is 0 Å². The largest absolute Gasteiger partial charge is 0.481 e. The maximum Gasteiger partial charge on any atom is 0.300 e. The lowest BCUT2D eigenvalue weighted by Gasteiger charge is -1.88. The smallest absolute Gasteiger partial charge is 0.300 e. The second kappa shape index (κ2) is 21.3. The Kier molecular flexibility index (Phi) is 28.9. The van der Waals surface area contributed by atoms with Crippen LogP contribution in [0.5, 0.6) is 0 Å². The van der Waals surface area contributed by atoms with Gasteiger partial charge in [0.05, 0.1) is 6.61 Å². The van der Waals surface area contributed by atoms with Crippen molar-refractivity contribution in [1.82, 2.24) is 0 Å². The highest BCUT2D eigenvalue weighted by molar-refractivity contribution is 5.63. The van der Waals surface area contributed by atoms with Crippen molar-refractivity contribution < 1.29 is 45.0 Å². The van der Waals surface area contributed by atoms with E-state index in [1.165, 1.54) is 6.08 Å². The molecule has 0 saturated heterocycles. The second-order valence-corrected chi connectivity index (χ2v) is 2.58. The van der Waals surface area contributed by atoms with Crippen molar-refractivity contribution in [3.05, 3.63) is 12.2 Å². The first-order valence-corrected chi connectivity index (χ1v) is 4.69. The minimum Gasteiger partial charge on any atom is -0.481 e. The summed E-state index contributed by atoms with van der Waals surface area (Å²) in [7, 11) is 0. The molecule has 0 radical (unpaired) electrons. The van der Waals surface area contributed by atoms with Crippen LogP contribution in [0.2, 0.25) is 0 Å². The number of carbonyl (C=O) groups is 3. The number of aliphatic hydroxyl groups excluding tert-OH is 2. The first-order valence-electron chi connectivity index (χ1n) is 4.69. The van der Waals surface area contributed by atoms with E-state index in [0.29, 0.717) is 0 Å². The van der Waals surface area contributed by atoms with Crippen LogP contribution in [0.15, 0.2) is 12.2 Å². The number of carboxylic acid groups (broad SMARTS) is 3. The fourth-order valence-corrected chi connectivity index (χ4v) is 0.183. The summed E-state index contributed by atoms with van der Waals surface area (Å²) < 4.78 is 0. The maximum absolute atomic E-state index is 9.00. The van der Waals surface area contributed by atoms with Crippen molar-refractivity contribution in [2.75, 3.05) is 6.61 Å². The minimum atomic E-state index is -1.44. The van der Waals surface area contributed by atoms with E-state index in [1.807, 2.05) is 0 Å². The molecule has 0 rings (SSSR count). The van der Waals surface area contributed by atoms with Crippen LogP contribution in [0.3, 0.4) is 0 Å². The standard InChI is InChI=1S/C4H8O3.3C2H4O2/c5-3-1-2-4(6)7;3*1-2(3)4/h1-2,4-7H,3H2;3*1H3,(H,3,4). The molecule has 0 aliphatic carbocycles. The highest BCUT2D eigenvalue weighted by atomic mass is 16.5. The first-order chi connectivity index (χ1) is 8.47. The van der Waals surface area contributed by atoms with Crippen LogP contribution in [-0.2, 0) is 14.4 Å². The average Bonchev–Trinajstić information content (AvgIpc) is 2.11. The van der Waals surface area contributed by atoms with Crippen LogP contribution in [0.4, 0.5) is 0 Å². The van der Waals surface area contributed by atoms with Gasteiger partial charge in [-0.15, -0.1) is 0 Å². The Bertz CT molecular complexity index is 217. The summed E-state index contributed by atoms with van der Waals surface area (Å²) in [6.07, 6.45) is 0.900. The Morgan fingerprint density at radius 3 is 1.16 bits per heavy atom. The highest BCUT2D eigenvalue weighted by Gasteiger charge is 1.81. The van der Waals surface area contributed by atoms with Gasteiger partial charge in [-0.1, -0.05) is 6.08 Å². The Balaban J connectivity index is -0.0000000825. The van der Waals surface area contributed by atoms with Gasteiger partial charge in [0.2, 0.25) is 0 Å². The van der Waals surface area contributed by atoms with Gasteiger partial charge in [0.1, 0.15) is 0 Å². The molecule has 0 aromatic carbocycles. The van der Waals surface area contributed by atoms with Gasteiger partial charge in [-0.2, -0.15) is 0 Å². The third kappa shape index (κ3) is 766. The van der Waals surface area contributed by atoms with E-state index in [4.69, 9.17) is 45.0 Å². The number of hydrogen-bond donors (Lipinski definition) is 6. The molecule has 0 unspecified atom stereocenters. The topological polar surface area (TPSA) is 173 Å². The van der Waals surface area contributed by atoms with Crippen LogP contribution < -0.4 is 0 Å². The van der Waals surface area contributed by atoms with E-state index in [9.17, 15) is 0 Å². The van der Waals surface area contributed by atoms with Gasteiger partial charge < -0.3 is 30.6 Å². The number of aliphatic carboxylic acids is 3. The zero-order valence-corrected chi connectivity index (χ0v) is 10.8. The summed E-state index contributed by atoms with van der Waals surface area (Å²) in [6.45, 7) is 3.09. The van der Waals surface area contributed by atoms with E-state index in [2.05, 4.69) is 0 Å². The van der Waals surface area contributed by atoms with Crippen LogP contribution in [-0.4, -0.2) is 61.4 Å². The molecule has 0 saturated carbocycles. The van der Waals surface area contributed by atoms with E-state index in [-0.39, 0.29) is 6.61 Å². The Hall–Kier alpha value is -1.97. The van der Waals surface area contributed by atoms with Crippen molar-refractivity contribution >= 4 is 17.9 Å². The molecule has 0 amide bonds. The summed E-state index contributed by atoms with van der Waals surface area (Å²) in [4.78, 5) is 27.0. The first kappa shape index (κ1) is 25.8. The van der Waals surface area contributed by atoms with Gasteiger partial charge in [0.15, 0.2) is 6.29 Å². The molecule has 0 heterocycles. The minimum absolute atomic E-state index is 0.155. The SMILES string of the molecule is CC(=O)O.CC(=O)O.CC(=O)O.OCC=CC(O)O. The molecule has 9 nitrogen and oxygen atoms in total. The molecule has 0 aliphatic rings. The lowest BCUT2D eigenvalue weighted by Crippen LogP contribution is -1.97. The molecule has 6 N–H and O–H groups in total. The normalized spacial score (nSPS) is 8.16. The summed E-state index contributed by atoms with van der Waals surface area (Å²) in [5.74, 6) is -2.50. The monoisotopic (exact) mass is 284 g/mol. The van der Waals surface area contributed by atoms with Gasteiger partial charge in [-0.3, -0.25) is 14.4 Å². The van der Waals surface area contributed by atoms with Gasteiger partial charge in [-0.05, 0) is 6.08 Å². The predicted molar refractivity (Wildman–Crippen MR) is 64.4 cm³/mol. The van der Waals surface area contributed by atoms with Crippen molar-refractivity contribution in [2.45, 2.75) is 27.1 Å². The van der Waals surface area contributed by atoms with Crippen LogP contribution in [0.25, 0.3) is 0 Å². The van der Waals surface area contributed by atoms with E-state index >= 15 is 0 Å². The summed E-state index contributed by atoms with van der Waals surface area (Å²) in [5.41, 5.74) is 0. The maximum atomic E-state index is 9.00. The Morgan fingerprint density at radius 1 is 0.895 bits per heavy atom. The van der Waals surface area contributed by atoms with Gasteiger partial charge in [0, 0.05) is 20.8 Å². The summed E-state index contributed by atoms with van der Waals surface area (Å²) >= 11 is 0. The molecule has 9 heteroatoms. The third-order valence-corrected chi connectivity index (χ3v) is 0.414. The molecule has 0 aromatic heterocycles. The molecule has 0 fully saturated rings. The number of aliphatic hydroxyl groups is 3. The fourth-order valence-electron chi connectivity index (χ4n) is 0.183. The van der Waals surface area contributed by atoms with Gasteiger partial charge in [-0.25, -0.2) is 0 Å². The Labute approximate surface area is 110 Å². The van der Waals surface area contributed by atoms with Crippen molar-refractivity contribution in [1.29, 1.82) is 0 Å². The number of hydrogen-bond acceptors (Lipinski definition) is 6. The van der Waals surface area contributed by atoms with Gasteiger partial charge >= 0.3 is 0 Å². The summed E-state index contributed by atoms with van der Waals surface area (Å²) in [6, 6.07) is 0. The zero-order chi connectivity index (χ0) is 16.4. The number of rotatable bonds is 2. The van der Waals surface area contributed by atoms with E-state index in [1.54, 1.807) is 0 Å². The lowest BCUT2D eigenvalue weighted by atomic mass is 10.5. The van der Waals surface area contributed by atoms with E-state index < -0.39 is 24.2 Å². The lowest BCUT2D eigenvalue weighted by molar-refractivity contribution is -0.135. The third-order valence-electron chi connectivity index (χ3n) is 0.414. The van der Waals surface area contributed by atoms with Crippen molar-refractivity contribution in [3.63, 3.8) is 0 Å². The Morgan fingerprint density at radius 2 is 1.11 bits per heavy atom. The zero-order valence-electron chi connectivity index (χ0n) is 10.8. The number of carboxylic acids is 3. The molecule has 19 heavy (non-hydrogen) atoms. The van der Waals surface area contributed by atoms with E-state index in [0.717, 1.165) is 26.8 Å². The molecule has 0 bridgehead atoms. The second-order valence-electron chi connectivity index (χ2n) is 2.58. The molecule has 0 atom stereocenters. The summed E-state index contributed by atoms with van der Waals surface area (Å²) in [5, 5.41) is 46.3. The molecular weight excluding hydrogens is 264 g/mol. The molecule has 114 valence electrons. The average molecular weight is 284 g/mol. The predicted octanol–water partition coefficient (Wildman–Crippen LogP) is -0.882. The van der Waals surface area contributed by atoms with Crippen molar-refractivity contribution in [2.24, 2.45) is 0 Å².